The highest BCUT2D eigenvalue weighted by atomic mass is 32.1. The zero-order chi connectivity index (χ0) is 43.3. The first-order valence-corrected chi connectivity index (χ1v) is 24.0. The maximum absolute atomic E-state index is 10.3. The molecule has 0 saturated carbocycles. The van der Waals surface area contributed by atoms with Crippen LogP contribution in [-0.4, -0.2) is 86.1 Å². The first-order chi connectivity index (χ1) is 31.3. The molecular formula is C53H57N9OS. The molecule has 0 amide bonds. The van der Waals surface area contributed by atoms with E-state index in [1.165, 1.54) is 69.0 Å². The molecular weight excluding hydrogens is 811 g/mol. The van der Waals surface area contributed by atoms with Gasteiger partial charge in [0.1, 0.15) is 22.6 Å². The zero-order valence-electron chi connectivity index (χ0n) is 37.1. The molecule has 4 aromatic carbocycles. The zero-order valence-corrected chi connectivity index (χ0v) is 38.0. The number of aliphatic imine (C=N–C) groups is 1. The molecule has 326 valence electrons. The number of piperazine rings is 1. The van der Waals surface area contributed by atoms with E-state index in [2.05, 4.69) is 133 Å². The average molecular weight is 868 g/mol. The van der Waals surface area contributed by atoms with E-state index in [4.69, 9.17) is 4.99 Å². The van der Waals surface area contributed by atoms with Crippen molar-refractivity contribution in [3.63, 3.8) is 0 Å². The smallest absolute Gasteiger partial charge is 0.165 e. The Balaban J connectivity index is 0.717. The number of piperidine rings is 1. The second-order valence-corrected chi connectivity index (χ2v) is 19.6. The molecule has 0 unspecified atom stereocenters. The van der Waals surface area contributed by atoms with E-state index >= 15 is 0 Å². The molecule has 2 fully saturated rings. The van der Waals surface area contributed by atoms with Crippen LogP contribution < -0.4 is 9.80 Å². The number of thiophene rings is 1. The Kier molecular flexibility index (Phi) is 10.9. The molecule has 0 bridgehead atoms. The summed E-state index contributed by atoms with van der Waals surface area (Å²) in [5.74, 6) is 3.52. The van der Waals surface area contributed by atoms with Crippen LogP contribution in [0.25, 0.3) is 5.00 Å². The normalized spacial score (nSPS) is 20.4. The van der Waals surface area contributed by atoms with Crippen molar-refractivity contribution in [1.82, 2.24) is 29.4 Å². The molecule has 11 heteroatoms. The highest BCUT2D eigenvalue weighted by molar-refractivity contribution is 7.15. The number of anilines is 2. The Morgan fingerprint density at radius 1 is 0.719 bits per heavy atom. The van der Waals surface area contributed by atoms with Gasteiger partial charge >= 0.3 is 0 Å². The Labute approximate surface area is 380 Å². The summed E-state index contributed by atoms with van der Waals surface area (Å²) in [7, 11) is 0. The number of aromatic hydroxyl groups is 1. The Hall–Kier alpha value is -6.04. The fourth-order valence-electron chi connectivity index (χ4n) is 11.0. The fraction of sp³-hybridized carbons (Fsp3) is 0.358. The van der Waals surface area contributed by atoms with Gasteiger partial charge in [-0.2, -0.15) is 5.10 Å². The minimum absolute atomic E-state index is 0.223. The number of benzene rings is 4. The van der Waals surface area contributed by atoms with E-state index in [0.717, 1.165) is 86.0 Å². The predicted molar refractivity (Wildman–Crippen MR) is 258 cm³/mol. The second-order valence-electron chi connectivity index (χ2n) is 18.4. The van der Waals surface area contributed by atoms with Gasteiger partial charge in [-0.1, -0.05) is 60.7 Å². The number of nitrogens with zero attached hydrogens (tertiary/aromatic N) is 9. The van der Waals surface area contributed by atoms with Gasteiger partial charge in [0.2, 0.25) is 0 Å². The van der Waals surface area contributed by atoms with Crippen LogP contribution in [0.4, 0.5) is 11.4 Å². The number of aromatic nitrogens is 5. The van der Waals surface area contributed by atoms with Crippen LogP contribution in [0.2, 0.25) is 0 Å². The predicted octanol–water partition coefficient (Wildman–Crippen LogP) is 9.65. The maximum Gasteiger partial charge on any atom is 0.165 e. The molecule has 3 atom stereocenters. The lowest BCUT2D eigenvalue weighted by atomic mass is 9.69. The van der Waals surface area contributed by atoms with Crippen LogP contribution in [0.3, 0.4) is 0 Å². The lowest BCUT2D eigenvalue weighted by Crippen LogP contribution is -2.49. The summed E-state index contributed by atoms with van der Waals surface area (Å²) < 4.78 is 4.16. The third-order valence-electron chi connectivity index (χ3n) is 14.6. The number of aryl methyl sites for hydroxylation is 3. The van der Waals surface area contributed by atoms with Gasteiger partial charge in [-0.3, -0.25) is 19.1 Å². The van der Waals surface area contributed by atoms with Crippen molar-refractivity contribution in [2.75, 3.05) is 55.6 Å². The molecule has 0 spiro atoms. The molecule has 10 nitrogen and oxygen atoms in total. The Morgan fingerprint density at radius 3 is 2.19 bits per heavy atom. The monoisotopic (exact) mass is 867 g/mol. The van der Waals surface area contributed by atoms with Crippen LogP contribution in [0.1, 0.15) is 92.6 Å². The first kappa shape index (κ1) is 40.7. The van der Waals surface area contributed by atoms with Gasteiger partial charge in [0.05, 0.1) is 12.3 Å². The van der Waals surface area contributed by atoms with Crippen LogP contribution in [0.15, 0.2) is 121 Å². The molecule has 3 aliphatic heterocycles. The van der Waals surface area contributed by atoms with Gasteiger partial charge in [0.25, 0.3) is 0 Å². The number of phenolic OH excluding ortho intramolecular Hbond substituents is 1. The van der Waals surface area contributed by atoms with E-state index in [9.17, 15) is 5.11 Å². The number of rotatable bonds is 9. The third-order valence-corrected chi connectivity index (χ3v) is 15.8. The van der Waals surface area contributed by atoms with Crippen molar-refractivity contribution in [3.8, 4) is 10.8 Å². The number of fused-ring (bicyclic) bond motifs is 4. The molecule has 0 radical (unpaired) electrons. The van der Waals surface area contributed by atoms with Crippen LogP contribution in [-0.2, 0) is 13.0 Å². The van der Waals surface area contributed by atoms with Gasteiger partial charge < -0.3 is 14.9 Å². The third kappa shape index (κ3) is 7.72. The topological polar surface area (TPSA) is 90.8 Å². The van der Waals surface area contributed by atoms with Crippen LogP contribution in [0, 0.1) is 26.7 Å². The van der Waals surface area contributed by atoms with Crippen molar-refractivity contribution >= 4 is 28.4 Å². The van der Waals surface area contributed by atoms with Crippen LogP contribution >= 0.6 is 11.3 Å². The summed E-state index contributed by atoms with van der Waals surface area (Å²) >= 11 is 1.80. The van der Waals surface area contributed by atoms with Crippen molar-refractivity contribution in [2.45, 2.75) is 70.9 Å². The van der Waals surface area contributed by atoms with Gasteiger partial charge in [-0.15, -0.1) is 21.5 Å². The molecule has 2 saturated heterocycles. The Bertz CT molecular complexity index is 2760. The van der Waals surface area contributed by atoms with Gasteiger partial charge in [-0.05, 0) is 129 Å². The largest absolute Gasteiger partial charge is 0.508 e. The maximum atomic E-state index is 10.3. The van der Waals surface area contributed by atoms with Crippen molar-refractivity contribution in [3.05, 3.63) is 171 Å². The van der Waals surface area contributed by atoms with Gasteiger partial charge in [0.15, 0.2) is 5.82 Å². The van der Waals surface area contributed by atoms with Crippen molar-refractivity contribution in [1.29, 1.82) is 0 Å². The number of hydrogen-bond acceptors (Lipinski definition) is 9. The Morgan fingerprint density at radius 2 is 1.45 bits per heavy atom. The number of phenols is 1. The highest BCUT2D eigenvalue weighted by Gasteiger charge is 2.34. The summed E-state index contributed by atoms with van der Waals surface area (Å²) in [6.45, 7) is 14.7. The SMILES string of the molecule is Cc1sc2c(c1C)C(c1ccc(N3CCN(CC4CCN(c5ccc([C@@H]6c7ccc(O)cc7CC[C@@H]6c6ccccc6)cc5)CC4)CC3)cc1)=N[C@@H](Cn1cccn1)c1nnc(C)n1-2. The van der Waals surface area contributed by atoms with Crippen LogP contribution in [0.5, 0.6) is 5.75 Å². The molecule has 11 rings (SSSR count). The van der Waals surface area contributed by atoms with Gasteiger partial charge in [-0.25, -0.2) is 0 Å². The van der Waals surface area contributed by atoms with Gasteiger partial charge in [0, 0.05) is 91.5 Å². The molecule has 6 heterocycles. The summed E-state index contributed by atoms with van der Waals surface area (Å²) in [6, 6.07) is 37.3. The summed E-state index contributed by atoms with van der Waals surface area (Å²) in [4.78, 5) is 14.6. The fourth-order valence-corrected chi connectivity index (χ4v) is 12.2. The van der Waals surface area contributed by atoms with E-state index in [1.54, 1.807) is 11.3 Å². The first-order valence-electron chi connectivity index (χ1n) is 23.2. The lowest BCUT2D eigenvalue weighted by Gasteiger charge is -2.40. The quantitative estimate of drug-likeness (QED) is 0.155. The summed E-state index contributed by atoms with van der Waals surface area (Å²) in [5.41, 5.74) is 12.6. The summed E-state index contributed by atoms with van der Waals surface area (Å²) in [6.07, 6.45) is 8.34. The van der Waals surface area contributed by atoms with Crippen molar-refractivity contribution < 1.29 is 5.11 Å². The van der Waals surface area contributed by atoms with E-state index in [1.807, 2.05) is 42.2 Å². The molecule has 1 aliphatic carbocycles. The highest BCUT2D eigenvalue weighted by Crippen LogP contribution is 2.47. The molecule has 4 aliphatic rings. The molecule has 7 aromatic rings. The minimum Gasteiger partial charge on any atom is -0.508 e. The molecule has 3 aromatic heterocycles. The van der Waals surface area contributed by atoms with Crippen molar-refractivity contribution in [2.24, 2.45) is 10.9 Å². The summed E-state index contributed by atoms with van der Waals surface area (Å²) in [5, 5.41) is 25.1. The molecule has 1 N–H and O–H groups in total. The molecule has 64 heavy (non-hydrogen) atoms. The number of hydrogen-bond donors (Lipinski definition) is 1. The second kappa shape index (κ2) is 17.2. The lowest BCUT2D eigenvalue weighted by molar-refractivity contribution is 0.201. The van der Waals surface area contributed by atoms with E-state index < -0.39 is 0 Å². The standard InChI is InChI=1S/C53H57N9OS/c1-35-36(2)64-53-49(35)51(55-48(34-61-25-7-24-54-61)52-57-56-37(3)62(52)53)41-12-17-44(18-13-41)60-30-28-58(29-31-60)33-38-22-26-59(27-23-38)43-15-10-40(11-16-43)50-46(39-8-5-4-6-9-39)20-14-42-32-45(63)19-21-47(42)50/h4-13,15-19,21,24-25,32,38,46,48,50,63H,14,20,22-23,26-31,33-34H2,1-3H3/t46-,48+,50+/m1/s1. The van der Waals surface area contributed by atoms with E-state index in [0.29, 0.717) is 18.2 Å². The average Bonchev–Trinajstić information content (AvgIpc) is 4.04. The minimum atomic E-state index is -0.223. The van der Waals surface area contributed by atoms with E-state index in [-0.39, 0.29) is 12.0 Å².